The maximum atomic E-state index is 10.8. The number of hydrogen-bond donors (Lipinski definition) is 1. The van der Waals surface area contributed by atoms with Crippen LogP contribution in [0.1, 0.15) is 19.0 Å². The van der Waals surface area contributed by atoms with Crippen molar-refractivity contribution in [1.29, 1.82) is 0 Å². The molecule has 1 aromatic heterocycles. The van der Waals surface area contributed by atoms with Gasteiger partial charge in [0.15, 0.2) is 0 Å². The van der Waals surface area contributed by atoms with Crippen LogP contribution in [0.25, 0.3) is 0 Å². The minimum Gasteiger partial charge on any atom is -0.366 e. The molecule has 3 rings (SSSR count). The lowest BCUT2D eigenvalue weighted by Crippen LogP contribution is -2.25. The summed E-state index contributed by atoms with van der Waals surface area (Å²) in [7, 11) is 0. The van der Waals surface area contributed by atoms with Crippen molar-refractivity contribution in [2.45, 2.75) is 19.0 Å². The number of dihydropyridines is 1. The van der Waals surface area contributed by atoms with Crippen LogP contribution in [-0.4, -0.2) is 26.5 Å². The SMILES string of the molecule is O=CC1CCC2=CC(n3cnnn3)NC=C21. The Morgan fingerprint density at radius 1 is 1.56 bits per heavy atom. The van der Waals surface area contributed by atoms with Crippen molar-refractivity contribution in [3.8, 4) is 0 Å². The zero-order valence-corrected chi connectivity index (χ0v) is 8.58. The summed E-state index contributed by atoms with van der Waals surface area (Å²) in [6.45, 7) is 0. The number of nitrogens with zero attached hydrogens (tertiary/aromatic N) is 4. The van der Waals surface area contributed by atoms with Crippen LogP contribution in [0.4, 0.5) is 0 Å². The minimum atomic E-state index is -0.0425. The Labute approximate surface area is 92.0 Å². The number of allylic oxidation sites excluding steroid dienone is 2. The molecule has 16 heavy (non-hydrogen) atoms. The van der Waals surface area contributed by atoms with Gasteiger partial charge in [-0.05, 0) is 40.5 Å². The summed E-state index contributed by atoms with van der Waals surface area (Å²) >= 11 is 0. The van der Waals surface area contributed by atoms with E-state index in [0.717, 1.165) is 24.7 Å². The third kappa shape index (κ3) is 1.34. The number of aldehydes is 1. The fraction of sp³-hybridized carbons (Fsp3) is 0.400. The second-order valence-electron chi connectivity index (χ2n) is 3.97. The quantitative estimate of drug-likeness (QED) is 0.716. The van der Waals surface area contributed by atoms with Crippen molar-refractivity contribution in [3.05, 3.63) is 29.7 Å². The minimum absolute atomic E-state index is 0.0425. The number of hydrogen-bond acceptors (Lipinski definition) is 5. The maximum Gasteiger partial charge on any atom is 0.143 e. The van der Waals surface area contributed by atoms with Gasteiger partial charge in [0, 0.05) is 12.1 Å². The Kier molecular flexibility index (Phi) is 2.05. The normalized spacial score (nSPS) is 27.8. The summed E-state index contributed by atoms with van der Waals surface area (Å²) in [5.41, 5.74) is 2.34. The van der Waals surface area contributed by atoms with Crippen LogP contribution in [-0.2, 0) is 4.79 Å². The van der Waals surface area contributed by atoms with Crippen LogP contribution in [0, 0.1) is 5.92 Å². The predicted molar refractivity (Wildman–Crippen MR) is 54.9 cm³/mol. The Hall–Kier alpha value is -1.98. The van der Waals surface area contributed by atoms with Gasteiger partial charge in [0.25, 0.3) is 0 Å². The summed E-state index contributed by atoms with van der Waals surface area (Å²) in [4.78, 5) is 10.8. The number of carbonyl (C=O) groups excluding carboxylic acids is 1. The van der Waals surface area contributed by atoms with E-state index in [1.165, 1.54) is 5.57 Å². The smallest absolute Gasteiger partial charge is 0.143 e. The van der Waals surface area contributed by atoms with E-state index in [-0.39, 0.29) is 12.1 Å². The highest BCUT2D eigenvalue weighted by atomic mass is 16.1. The van der Waals surface area contributed by atoms with Gasteiger partial charge >= 0.3 is 0 Å². The first-order valence-electron chi connectivity index (χ1n) is 5.23. The van der Waals surface area contributed by atoms with E-state index in [4.69, 9.17) is 0 Å². The summed E-state index contributed by atoms with van der Waals surface area (Å²) in [5.74, 6) is 0.0496. The molecule has 0 aromatic carbocycles. The van der Waals surface area contributed by atoms with Gasteiger partial charge in [0.1, 0.15) is 18.8 Å². The summed E-state index contributed by atoms with van der Waals surface area (Å²) < 4.78 is 1.65. The molecule has 1 aliphatic heterocycles. The number of nitrogens with one attached hydrogen (secondary N) is 1. The Bertz CT molecular complexity index is 462. The highest BCUT2D eigenvalue weighted by molar-refractivity contribution is 5.65. The molecule has 1 N–H and O–H groups in total. The lowest BCUT2D eigenvalue weighted by atomic mass is 10.0. The molecule has 0 spiro atoms. The number of tetrazole rings is 1. The van der Waals surface area contributed by atoms with Gasteiger partial charge in [-0.25, -0.2) is 4.68 Å². The van der Waals surface area contributed by atoms with Gasteiger partial charge in [-0.3, -0.25) is 0 Å². The average molecular weight is 217 g/mol. The van der Waals surface area contributed by atoms with Gasteiger partial charge in [-0.15, -0.1) is 5.10 Å². The molecule has 1 fully saturated rings. The molecule has 2 heterocycles. The van der Waals surface area contributed by atoms with Crippen LogP contribution < -0.4 is 5.32 Å². The van der Waals surface area contributed by atoms with E-state index in [9.17, 15) is 4.79 Å². The molecule has 1 aromatic rings. The van der Waals surface area contributed by atoms with Crippen LogP contribution >= 0.6 is 0 Å². The first kappa shape index (κ1) is 9.26. The molecule has 0 radical (unpaired) electrons. The number of aromatic nitrogens is 4. The third-order valence-electron chi connectivity index (χ3n) is 3.08. The van der Waals surface area contributed by atoms with E-state index in [1.807, 2.05) is 6.20 Å². The second kappa shape index (κ2) is 3.55. The molecule has 6 nitrogen and oxygen atoms in total. The predicted octanol–water partition coefficient (Wildman–Crippen LogP) is 0.194. The highest BCUT2D eigenvalue weighted by Crippen LogP contribution is 2.37. The first-order valence-corrected chi connectivity index (χ1v) is 5.23. The second-order valence-corrected chi connectivity index (χ2v) is 3.97. The molecule has 1 aliphatic carbocycles. The standard InChI is InChI=1S/C10H11N5O/c16-5-8-2-1-7-3-10(11-4-9(7)8)15-6-12-13-14-15/h3-6,8,10-11H,1-2H2. The van der Waals surface area contributed by atoms with Crippen molar-refractivity contribution < 1.29 is 4.79 Å². The van der Waals surface area contributed by atoms with E-state index >= 15 is 0 Å². The molecule has 0 bridgehead atoms. The Morgan fingerprint density at radius 3 is 3.25 bits per heavy atom. The summed E-state index contributed by atoms with van der Waals surface area (Å²) in [5, 5.41) is 14.2. The van der Waals surface area contributed by atoms with Crippen molar-refractivity contribution in [1.82, 2.24) is 25.5 Å². The van der Waals surface area contributed by atoms with Gasteiger partial charge in [0.2, 0.25) is 0 Å². The van der Waals surface area contributed by atoms with E-state index in [2.05, 4.69) is 26.9 Å². The molecule has 0 amide bonds. The Morgan fingerprint density at radius 2 is 2.50 bits per heavy atom. The molecule has 82 valence electrons. The van der Waals surface area contributed by atoms with Crippen LogP contribution in [0.5, 0.6) is 0 Å². The van der Waals surface area contributed by atoms with Crippen molar-refractivity contribution in [2.75, 3.05) is 0 Å². The molecular formula is C10H11N5O. The van der Waals surface area contributed by atoms with Crippen molar-refractivity contribution >= 4 is 6.29 Å². The van der Waals surface area contributed by atoms with Crippen LogP contribution in [0.3, 0.4) is 0 Å². The molecule has 2 aliphatic rings. The first-order chi connectivity index (χ1) is 7.88. The van der Waals surface area contributed by atoms with Gasteiger partial charge in [-0.1, -0.05) is 0 Å². The lowest BCUT2D eigenvalue weighted by molar-refractivity contribution is -0.110. The van der Waals surface area contributed by atoms with E-state index in [1.54, 1.807) is 11.0 Å². The lowest BCUT2D eigenvalue weighted by Gasteiger charge is -2.20. The highest BCUT2D eigenvalue weighted by Gasteiger charge is 2.28. The van der Waals surface area contributed by atoms with Gasteiger partial charge in [-0.2, -0.15) is 0 Å². The molecule has 2 unspecified atom stereocenters. The summed E-state index contributed by atoms with van der Waals surface area (Å²) in [6.07, 6.45) is 8.40. The average Bonchev–Trinajstić information content (AvgIpc) is 2.97. The van der Waals surface area contributed by atoms with Gasteiger partial charge < -0.3 is 10.1 Å². The molecule has 1 saturated carbocycles. The number of rotatable bonds is 2. The zero-order valence-electron chi connectivity index (χ0n) is 8.58. The van der Waals surface area contributed by atoms with Crippen molar-refractivity contribution in [2.24, 2.45) is 5.92 Å². The van der Waals surface area contributed by atoms with Crippen LogP contribution in [0.2, 0.25) is 0 Å². The monoisotopic (exact) mass is 217 g/mol. The third-order valence-corrected chi connectivity index (χ3v) is 3.08. The largest absolute Gasteiger partial charge is 0.366 e. The zero-order chi connectivity index (χ0) is 11.0. The van der Waals surface area contributed by atoms with E-state index < -0.39 is 0 Å². The van der Waals surface area contributed by atoms with Crippen molar-refractivity contribution in [3.63, 3.8) is 0 Å². The topological polar surface area (TPSA) is 72.7 Å². The summed E-state index contributed by atoms with van der Waals surface area (Å²) in [6, 6.07) is 0. The van der Waals surface area contributed by atoms with Crippen LogP contribution in [0.15, 0.2) is 29.7 Å². The molecule has 2 atom stereocenters. The van der Waals surface area contributed by atoms with Gasteiger partial charge in [0.05, 0.1) is 0 Å². The number of fused-ring (bicyclic) bond motifs is 1. The fourth-order valence-corrected chi connectivity index (χ4v) is 2.23. The molecular weight excluding hydrogens is 206 g/mol. The Balaban J connectivity index is 1.88. The van der Waals surface area contributed by atoms with E-state index in [0.29, 0.717) is 0 Å². The number of carbonyl (C=O) groups is 1. The maximum absolute atomic E-state index is 10.8. The molecule has 6 heteroatoms. The fourth-order valence-electron chi connectivity index (χ4n) is 2.23. The molecule has 0 saturated heterocycles.